The van der Waals surface area contributed by atoms with Gasteiger partial charge in [0.1, 0.15) is 10.6 Å². The Morgan fingerprint density at radius 1 is 0.879 bits per heavy atom. The molecule has 3 rings (SSSR count). The third kappa shape index (κ3) is 6.41. The van der Waals surface area contributed by atoms with Crippen LogP contribution in [0.4, 0.5) is 0 Å². The summed E-state index contributed by atoms with van der Waals surface area (Å²) in [5, 5.41) is 2.83. The van der Waals surface area contributed by atoms with E-state index >= 15 is 0 Å². The summed E-state index contributed by atoms with van der Waals surface area (Å²) in [5.41, 5.74) is 3.32. The summed E-state index contributed by atoms with van der Waals surface area (Å²) in [6.07, 6.45) is 0. The number of benzene rings is 3. The van der Waals surface area contributed by atoms with Gasteiger partial charge in [0.25, 0.3) is 5.91 Å². The first-order valence-electron chi connectivity index (χ1n) is 10.4. The van der Waals surface area contributed by atoms with Crippen molar-refractivity contribution in [3.05, 3.63) is 95.1 Å². The minimum absolute atomic E-state index is 0.0532. The average Bonchev–Trinajstić information content (AvgIpc) is 2.83. The zero-order chi connectivity index (χ0) is 23.8. The average molecular weight is 469 g/mol. The number of hydrogen-bond donors (Lipinski definition) is 1. The van der Waals surface area contributed by atoms with Crippen LogP contribution in [0, 0.1) is 0 Å². The van der Waals surface area contributed by atoms with Gasteiger partial charge in [-0.15, -0.1) is 0 Å². The summed E-state index contributed by atoms with van der Waals surface area (Å²) in [5.74, 6) is -0.187. The van der Waals surface area contributed by atoms with E-state index in [0.29, 0.717) is 19.8 Å². The van der Waals surface area contributed by atoms with Gasteiger partial charge in [0.05, 0.1) is 20.3 Å². The number of rotatable bonds is 10. The largest absolute Gasteiger partial charge is 0.495 e. The molecule has 0 fully saturated rings. The predicted molar refractivity (Wildman–Crippen MR) is 126 cm³/mol. The molecule has 1 N–H and O–H groups in total. The Hall–Kier alpha value is -3.20. The number of hydrogen-bond acceptors (Lipinski definition) is 5. The second-order valence-corrected chi connectivity index (χ2v) is 9.75. The van der Waals surface area contributed by atoms with Gasteiger partial charge in [-0.2, -0.15) is 0 Å². The van der Waals surface area contributed by atoms with Gasteiger partial charge in [0, 0.05) is 26.2 Å². The Labute approximate surface area is 195 Å². The molecule has 0 heterocycles. The topological polar surface area (TPSA) is 84.9 Å². The molecule has 0 saturated heterocycles. The van der Waals surface area contributed by atoms with Crippen molar-refractivity contribution in [2.75, 3.05) is 21.2 Å². The molecule has 0 bridgehead atoms. The van der Waals surface area contributed by atoms with Gasteiger partial charge in [-0.25, -0.2) is 12.7 Å². The van der Waals surface area contributed by atoms with Gasteiger partial charge in [0.15, 0.2) is 0 Å². The Morgan fingerprint density at radius 2 is 1.48 bits per heavy atom. The summed E-state index contributed by atoms with van der Waals surface area (Å²) in [6, 6.07) is 22.1. The molecule has 0 atom stereocenters. The van der Waals surface area contributed by atoms with Crippen LogP contribution in [0.3, 0.4) is 0 Å². The minimum Gasteiger partial charge on any atom is -0.495 e. The summed E-state index contributed by atoms with van der Waals surface area (Å²) < 4.78 is 37.1. The third-order valence-corrected chi connectivity index (χ3v) is 6.88. The lowest BCUT2D eigenvalue weighted by Crippen LogP contribution is -2.25. The molecule has 0 aliphatic rings. The van der Waals surface area contributed by atoms with Crippen LogP contribution in [0.5, 0.6) is 5.75 Å². The van der Waals surface area contributed by atoms with Crippen LogP contribution in [-0.4, -0.2) is 39.8 Å². The van der Waals surface area contributed by atoms with Gasteiger partial charge in [-0.1, -0.05) is 54.6 Å². The standard InChI is InChI=1S/C25H28N2O5S/c1-27(2)33(29,30)24-15-22(13-14-23(24)31-3)25(28)26-16-19-9-11-21(12-10-19)18-32-17-20-7-5-4-6-8-20/h4-15H,16-18H2,1-3H3,(H,26,28). The first-order chi connectivity index (χ1) is 15.8. The van der Waals surface area contributed by atoms with Gasteiger partial charge >= 0.3 is 0 Å². The fourth-order valence-corrected chi connectivity index (χ4v) is 4.19. The number of carbonyl (C=O) groups excluding carboxylic acids is 1. The monoisotopic (exact) mass is 468 g/mol. The number of carbonyl (C=O) groups is 1. The van der Waals surface area contributed by atoms with E-state index in [2.05, 4.69) is 5.32 Å². The molecule has 174 valence electrons. The summed E-state index contributed by atoms with van der Waals surface area (Å²) in [7, 11) is 0.489. The summed E-state index contributed by atoms with van der Waals surface area (Å²) in [4.78, 5) is 12.6. The van der Waals surface area contributed by atoms with E-state index in [1.54, 1.807) is 0 Å². The SMILES string of the molecule is COc1ccc(C(=O)NCc2ccc(COCc3ccccc3)cc2)cc1S(=O)(=O)N(C)C. The quantitative estimate of drug-likeness (QED) is 0.492. The molecular weight excluding hydrogens is 440 g/mol. The van der Waals surface area contributed by atoms with Crippen LogP contribution in [-0.2, 0) is 34.5 Å². The zero-order valence-corrected chi connectivity index (χ0v) is 19.8. The van der Waals surface area contributed by atoms with Gasteiger partial charge in [0.2, 0.25) is 10.0 Å². The minimum atomic E-state index is -3.76. The van der Waals surface area contributed by atoms with Crippen molar-refractivity contribution in [3.63, 3.8) is 0 Å². The molecule has 0 spiro atoms. The lowest BCUT2D eigenvalue weighted by molar-refractivity contribution is 0.0950. The molecule has 0 unspecified atom stereocenters. The van der Waals surface area contributed by atoms with E-state index < -0.39 is 10.0 Å². The van der Waals surface area contributed by atoms with Crippen molar-refractivity contribution in [1.82, 2.24) is 9.62 Å². The number of nitrogens with zero attached hydrogens (tertiary/aromatic N) is 1. The maximum absolute atomic E-state index is 12.6. The number of methoxy groups -OCH3 is 1. The van der Waals surface area contributed by atoms with E-state index in [1.165, 1.54) is 39.4 Å². The predicted octanol–water partition coefficient (Wildman–Crippen LogP) is 3.59. The Bertz CT molecular complexity index is 1180. The lowest BCUT2D eigenvalue weighted by Gasteiger charge is -2.15. The van der Waals surface area contributed by atoms with Crippen molar-refractivity contribution in [1.29, 1.82) is 0 Å². The first-order valence-corrected chi connectivity index (χ1v) is 11.8. The second kappa shape index (κ2) is 11.1. The van der Waals surface area contributed by atoms with E-state index in [9.17, 15) is 13.2 Å². The molecule has 7 nitrogen and oxygen atoms in total. The van der Waals surface area contributed by atoms with Crippen molar-refractivity contribution in [3.8, 4) is 5.75 Å². The number of sulfonamides is 1. The molecule has 8 heteroatoms. The highest BCUT2D eigenvalue weighted by atomic mass is 32.2. The van der Waals surface area contributed by atoms with Crippen LogP contribution in [0.1, 0.15) is 27.0 Å². The third-order valence-electron chi connectivity index (χ3n) is 5.04. The first kappa shape index (κ1) is 24.4. The lowest BCUT2D eigenvalue weighted by atomic mass is 10.1. The Balaban J connectivity index is 1.58. The maximum Gasteiger partial charge on any atom is 0.251 e. The molecule has 0 aliphatic heterocycles. The van der Waals surface area contributed by atoms with Crippen molar-refractivity contribution in [2.45, 2.75) is 24.7 Å². The van der Waals surface area contributed by atoms with Crippen molar-refractivity contribution in [2.24, 2.45) is 0 Å². The van der Waals surface area contributed by atoms with Gasteiger partial charge < -0.3 is 14.8 Å². The van der Waals surface area contributed by atoms with Gasteiger partial charge in [-0.05, 0) is 34.9 Å². The second-order valence-electron chi connectivity index (χ2n) is 7.63. The van der Waals surface area contributed by atoms with E-state index in [4.69, 9.17) is 9.47 Å². The number of ether oxygens (including phenoxy) is 2. The zero-order valence-electron chi connectivity index (χ0n) is 18.9. The molecule has 3 aromatic rings. The van der Waals surface area contributed by atoms with Crippen LogP contribution in [0.25, 0.3) is 0 Å². The molecule has 0 radical (unpaired) electrons. The normalized spacial score (nSPS) is 11.4. The molecule has 0 saturated carbocycles. The van der Waals surface area contributed by atoms with Crippen LogP contribution in [0.2, 0.25) is 0 Å². The molecule has 1 amide bonds. The Morgan fingerprint density at radius 3 is 2.09 bits per heavy atom. The molecule has 3 aromatic carbocycles. The van der Waals surface area contributed by atoms with Crippen molar-refractivity contribution >= 4 is 15.9 Å². The number of amides is 1. The summed E-state index contributed by atoms with van der Waals surface area (Å²) in [6.45, 7) is 1.36. The molecule has 33 heavy (non-hydrogen) atoms. The van der Waals surface area contributed by atoms with E-state index in [1.807, 2.05) is 54.6 Å². The highest BCUT2D eigenvalue weighted by Crippen LogP contribution is 2.27. The molecule has 0 aliphatic carbocycles. The smallest absolute Gasteiger partial charge is 0.251 e. The summed E-state index contributed by atoms with van der Waals surface area (Å²) >= 11 is 0. The van der Waals surface area contributed by atoms with Crippen LogP contribution in [0.15, 0.2) is 77.7 Å². The maximum atomic E-state index is 12.6. The number of nitrogens with one attached hydrogen (secondary N) is 1. The Kier molecular flexibility index (Phi) is 8.21. The fraction of sp³-hybridized carbons (Fsp3) is 0.240. The van der Waals surface area contributed by atoms with Crippen molar-refractivity contribution < 1.29 is 22.7 Å². The van der Waals surface area contributed by atoms with E-state index in [0.717, 1.165) is 21.0 Å². The van der Waals surface area contributed by atoms with E-state index in [-0.39, 0.29) is 22.1 Å². The highest BCUT2D eigenvalue weighted by Gasteiger charge is 2.23. The molecule has 0 aromatic heterocycles. The fourth-order valence-electron chi connectivity index (χ4n) is 3.11. The van der Waals surface area contributed by atoms with Crippen LogP contribution >= 0.6 is 0 Å². The highest BCUT2D eigenvalue weighted by molar-refractivity contribution is 7.89. The van der Waals surface area contributed by atoms with Gasteiger partial charge in [-0.3, -0.25) is 4.79 Å². The molecular formula is C25H28N2O5S. The van der Waals surface area contributed by atoms with Crippen LogP contribution < -0.4 is 10.1 Å².